The molecule has 0 spiro atoms. The maximum Gasteiger partial charge on any atom is 0.269 e. The molecular weight excluding hydrogens is 331 g/mol. The number of amides is 2. The number of aromatic nitrogens is 2. The lowest BCUT2D eigenvalue weighted by molar-refractivity contribution is -0.121. The van der Waals surface area contributed by atoms with Gasteiger partial charge >= 0.3 is 0 Å². The van der Waals surface area contributed by atoms with Gasteiger partial charge in [0, 0.05) is 25.1 Å². The Morgan fingerprint density at radius 2 is 1.88 bits per heavy atom. The van der Waals surface area contributed by atoms with Crippen LogP contribution in [0.2, 0.25) is 0 Å². The number of nitrogens with zero attached hydrogens (tertiary/aromatic N) is 1. The smallest absolute Gasteiger partial charge is 0.269 e. The van der Waals surface area contributed by atoms with Crippen LogP contribution in [0.25, 0.3) is 11.3 Å². The van der Waals surface area contributed by atoms with Crippen molar-refractivity contribution in [3.8, 4) is 11.3 Å². The van der Waals surface area contributed by atoms with E-state index in [4.69, 9.17) is 0 Å². The van der Waals surface area contributed by atoms with Crippen LogP contribution in [0.4, 0.5) is 4.39 Å². The molecule has 0 radical (unpaired) electrons. The van der Waals surface area contributed by atoms with Gasteiger partial charge in [-0.15, -0.1) is 0 Å². The lowest BCUT2D eigenvalue weighted by Crippen LogP contribution is -2.34. The quantitative estimate of drug-likeness (QED) is 0.432. The van der Waals surface area contributed by atoms with Crippen LogP contribution in [0.15, 0.2) is 30.3 Å². The Kier molecular flexibility index (Phi) is 6.80. The molecule has 1 heterocycles. The second-order valence-electron chi connectivity index (χ2n) is 5.11. The minimum atomic E-state index is -0.330. The number of thiol groups is 1. The molecule has 0 unspecified atom stereocenters. The molecule has 1 aromatic heterocycles. The van der Waals surface area contributed by atoms with Crippen LogP contribution in [-0.4, -0.2) is 40.9 Å². The van der Waals surface area contributed by atoms with Crippen molar-refractivity contribution in [3.05, 3.63) is 41.8 Å². The van der Waals surface area contributed by atoms with Gasteiger partial charge in [0.1, 0.15) is 11.5 Å². The third-order valence-corrected chi connectivity index (χ3v) is 3.57. The highest BCUT2D eigenvalue weighted by Gasteiger charge is 2.10. The summed E-state index contributed by atoms with van der Waals surface area (Å²) in [6, 6.07) is 7.44. The Bertz CT molecular complexity index is 688. The van der Waals surface area contributed by atoms with Gasteiger partial charge in [-0.1, -0.05) is 0 Å². The van der Waals surface area contributed by atoms with E-state index in [0.717, 1.165) is 6.42 Å². The summed E-state index contributed by atoms with van der Waals surface area (Å²) in [7, 11) is 0. The molecule has 2 rings (SSSR count). The third-order valence-electron chi connectivity index (χ3n) is 3.26. The van der Waals surface area contributed by atoms with Crippen molar-refractivity contribution in [2.75, 3.05) is 18.8 Å². The molecule has 128 valence electrons. The first kappa shape index (κ1) is 18.0. The summed E-state index contributed by atoms with van der Waals surface area (Å²) in [4.78, 5) is 23.4. The van der Waals surface area contributed by atoms with Gasteiger partial charge in [0.2, 0.25) is 5.91 Å². The Balaban J connectivity index is 1.79. The summed E-state index contributed by atoms with van der Waals surface area (Å²) in [5.41, 5.74) is 1.57. The zero-order chi connectivity index (χ0) is 17.4. The Hall–Kier alpha value is -2.35. The number of hydrogen-bond acceptors (Lipinski definition) is 4. The minimum Gasteiger partial charge on any atom is -0.354 e. The minimum absolute atomic E-state index is 0.0570. The Morgan fingerprint density at radius 3 is 2.58 bits per heavy atom. The molecule has 0 bridgehead atoms. The van der Waals surface area contributed by atoms with E-state index >= 15 is 0 Å². The van der Waals surface area contributed by atoms with E-state index in [2.05, 4.69) is 33.5 Å². The van der Waals surface area contributed by atoms with Gasteiger partial charge in [0.05, 0.1) is 5.69 Å². The number of hydrogen-bond donors (Lipinski definition) is 4. The van der Waals surface area contributed by atoms with Gasteiger partial charge in [0.25, 0.3) is 5.91 Å². The lowest BCUT2D eigenvalue weighted by Gasteiger charge is -2.05. The van der Waals surface area contributed by atoms with E-state index < -0.39 is 0 Å². The van der Waals surface area contributed by atoms with Gasteiger partial charge in [-0.25, -0.2) is 4.39 Å². The highest BCUT2D eigenvalue weighted by molar-refractivity contribution is 7.80. The van der Waals surface area contributed by atoms with E-state index in [1.807, 2.05) is 0 Å². The molecule has 0 aliphatic carbocycles. The average Bonchev–Trinajstić information content (AvgIpc) is 3.07. The van der Waals surface area contributed by atoms with Crippen LogP contribution in [-0.2, 0) is 4.79 Å². The number of H-pyrrole nitrogens is 1. The predicted octanol–water partition coefficient (Wildman–Crippen LogP) is 1.77. The van der Waals surface area contributed by atoms with Gasteiger partial charge in [-0.05, 0) is 42.5 Å². The van der Waals surface area contributed by atoms with E-state index in [9.17, 15) is 14.0 Å². The standard InChI is InChI=1S/C16H19FN4O2S/c17-12-5-3-11(4-6-12)13-10-14(21-20-13)16(23)19-8-7-18-15(22)2-1-9-24/h3-6,10,24H,1-2,7-9H2,(H,18,22)(H,19,23)(H,20,21). The summed E-state index contributed by atoms with van der Waals surface area (Å²) in [5, 5.41) is 12.1. The molecule has 0 saturated heterocycles. The van der Waals surface area contributed by atoms with Crippen molar-refractivity contribution < 1.29 is 14.0 Å². The first-order chi connectivity index (χ1) is 11.6. The van der Waals surface area contributed by atoms with Crippen molar-refractivity contribution in [1.29, 1.82) is 0 Å². The third kappa shape index (κ3) is 5.38. The molecule has 2 aromatic rings. The highest BCUT2D eigenvalue weighted by Crippen LogP contribution is 2.17. The second-order valence-corrected chi connectivity index (χ2v) is 5.55. The van der Waals surface area contributed by atoms with Gasteiger partial charge in [0.15, 0.2) is 0 Å². The maximum absolute atomic E-state index is 12.9. The molecular formula is C16H19FN4O2S. The summed E-state index contributed by atoms with van der Waals surface area (Å²) in [5.74, 6) is -0.0389. The van der Waals surface area contributed by atoms with Crippen molar-refractivity contribution >= 4 is 24.4 Å². The number of carbonyl (C=O) groups excluding carboxylic acids is 2. The largest absolute Gasteiger partial charge is 0.354 e. The predicted molar refractivity (Wildman–Crippen MR) is 92.4 cm³/mol. The summed E-state index contributed by atoms with van der Waals surface area (Å²) < 4.78 is 12.9. The van der Waals surface area contributed by atoms with E-state index in [1.165, 1.54) is 12.1 Å². The summed E-state index contributed by atoms with van der Waals surface area (Å²) >= 11 is 4.04. The van der Waals surface area contributed by atoms with Gasteiger partial charge in [-0.3, -0.25) is 14.7 Å². The number of rotatable bonds is 8. The molecule has 0 aliphatic heterocycles. The van der Waals surface area contributed by atoms with Crippen molar-refractivity contribution in [1.82, 2.24) is 20.8 Å². The summed E-state index contributed by atoms with van der Waals surface area (Å²) in [6.07, 6.45) is 1.15. The van der Waals surface area contributed by atoms with Crippen LogP contribution < -0.4 is 10.6 Å². The molecule has 24 heavy (non-hydrogen) atoms. The topological polar surface area (TPSA) is 86.9 Å². The maximum atomic E-state index is 12.9. The average molecular weight is 350 g/mol. The van der Waals surface area contributed by atoms with E-state index in [1.54, 1.807) is 18.2 Å². The van der Waals surface area contributed by atoms with Gasteiger partial charge < -0.3 is 10.6 Å². The Morgan fingerprint density at radius 1 is 1.17 bits per heavy atom. The van der Waals surface area contributed by atoms with Crippen LogP contribution in [0.5, 0.6) is 0 Å². The number of nitrogens with one attached hydrogen (secondary N) is 3. The molecule has 0 aliphatic rings. The molecule has 1 aromatic carbocycles. The van der Waals surface area contributed by atoms with E-state index in [-0.39, 0.29) is 17.6 Å². The molecule has 6 nitrogen and oxygen atoms in total. The van der Waals surface area contributed by atoms with Crippen molar-refractivity contribution in [3.63, 3.8) is 0 Å². The SMILES string of the molecule is O=C(CCCS)NCCNC(=O)c1cc(-c2ccc(F)cc2)n[nH]1. The number of aromatic amines is 1. The van der Waals surface area contributed by atoms with Gasteiger partial charge in [-0.2, -0.15) is 17.7 Å². The van der Waals surface area contributed by atoms with Crippen LogP contribution in [0, 0.1) is 5.82 Å². The normalized spacial score (nSPS) is 10.4. The van der Waals surface area contributed by atoms with Crippen LogP contribution in [0.1, 0.15) is 23.3 Å². The first-order valence-corrected chi connectivity index (χ1v) is 8.20. The molecule has 0 atom stereocenters. The number of benzene rings is 1. The number of carbonyl (C=O) groups is 2. The molecule has 0 fully saturated rings. The second kappa shape index (κ2) is 9.07. The lowest BCUT2D eigenvalue weighted by atomic mass is 10.1. The van der Waals surface area contributed by atoms with Crippen LogP contribution in [0.3, 0.4) is 0 Å². The van der Waals surface area contributed by atoms with Crippen molar-refractivity contribution in [2.45, 2.75) is 12.8 Å². The highest BCUT2D eigenvalue weighted by atomic mass is 32.1. The summed E-state index contributed by atoms with van der Waals surface area (Å²) in [6.45, 7) is 0.673. The fourth-order valence-electron chi connectivity index (χ4n) is 2.01. The molecule has 0 saturated carbocycles. The number of halogens is 1. The fourth-order valence-corrected chi connectivity index (χ4v) is 2.17. The van der Waals surface area contributed by atoms with Crippen LogP contribution >= 0.6 is 12.6 Å². The van der Waals surface area contributed by atoms with Crippen molar-refractivity contribution in [2.24, 2.45) is 0 Å². The molecule has 2 amide bonds. The first-order valence-electron chi connectivity index (χ1n) is 7.57. The Labute approximate surface area is 144 Å². The van der Waals surface area contributed by atoms with E-state index in [0.29, 0.717) is 42.2 Å². The fraction of sp³-hybridized carbons (Fsp3) is 0.312. The monoisotopic (exact) mass is 350 g/mol. The zero-order valence-electron chi connectivity index (χ0n) is 13.0. The molecule has 8 heteroatoms. The zero-order valence-corrected chi connectivity index (χ0v) is 13.9. The molecule has 3 N–H and O–H groups in total.